The van der Waals surface area contributed by atoms with Crippen LogP contribution in [0.15, 0.2) is 41.4 Å². The van der Waals surface area contributed by atoms with Crippen molar-refractivity contribution >= 4 is 27.3 Å². The van der Waals surface area contributed by atoms with Gasteiger partial charge in [-0.1, -0.05) is 23.7 Å². The van der Waals surface area contributed by atoms with E-state index in [2.05, 4.69) is 15.5 Å². The van der Waals surface area contributed by atoms with Crippen molar-refractivity contribution < 1.29 is 8.42 Å². The van der Waals surface area contributed by atoms with Crippen LogP contribution in [0.25, 0.3) is 0 Å². The molecule has 2 aromatic rings. The number of hydrogen-bond acceptors (Lipinski definition) is 5. The number of sulfone groups is 1. The largest absolute Gasteiger partial charge is 0.365 e. The van der Waals surface area contributed by atoms with Crippen molar-refractivity contribution in [3.05, 3.63) is 47.0 Å². The van der Waals surface area contributed by atoms with Gasteiger partial charge in [0.25, 0.3) is 0 Å². The van der Waals surface area contributed by atoms with E-state index in [4.69, 9.17) is 11.6 Å². The van der Waals surface area contributed by atoms with E-state index in [0.717, 1.165) is 5.56 Å². The molecule has 0 amide bonds. The van der Waals surface area contributed by atoms with E-state index in [1.54, 1.807) is 26.8 Å². The number of halogens is 1. The Bertz CT molecular complexity index is 736. The summed E-state index contributed by atoms with van der Waals surface area (Å²) in [4.78, 5) is 0. The Morgan fingerprint density at radius 2 is 1.68 bits per heavy atom. The van der Waals surface area contributed by atoms with Gasteiger partial charge in [-0.05, 0) is 50.6 Å². The molecule has 0 aliphatic carbocycles. The van der Waals surface area contributed by atoms with Crippen molar-refractivity contribution in [2.75, 3.05) is 5.32 Å². The molecule has 0 saturated heterocycles. The molecule has 0 aliphatic heterocycles. The molecular weight excluding hydrogens is 322 g/mol. The van der Waals surface area contributed by atoms with Crippen LogP contribution in [0.3, 0.4) is 0 Å². The SMILES string of the molecule is CC(C)(C)S(=O)(=O)c1ccc(NCc2ccc(Cl)cc2)nn1. The zero-order valence-corrected chi connectivity index (χ0v) is 14.2. The standard InChI is InChI=1S/C15H18ClN3O2S/c1-15(2,3)22(20,21)14-9-8-13(18-19-14)17-10-11-4-6-12(16)7-5-11/h4-9H,10H2,1-3H3,(H,17,18). The second-order valence-electron chi connectivity index (χ2n) is 5.85. The molecule has 5 nitrogen and oxygen atoms in total. The average molecular weight is 340 g/mol. The quantitative estimate of drug-likeness (QED) is 0.925. The summed E-state index contributed by atoms with van der Waals surface area (Å²) in [5, 5.41) is 11.5. The molecule has 2 rings (SSSR count). The molecular formula is C15H18ClN3O2S. The Kier molecular flexibility index (Phi) is 4.72. The minimum atomic E-state index is -3.48. The van der Waals surface area contributed by atoms with Gasteiger partial charge >= 0.3 is 0 Å². The zero-order chi connectivity index (χ0) is 16.4. The van der Waals surface area contributed by atoms with Crippen LogP contribution < -0.4 is 5.32 Å². The topological polar surface area (TPSA) is 72.0 Å². The summed E-state index contributed by atoms with van der Waals surface area (Å²) in [5.41, 5.74) is 1.04. The lowest BCUT2D eigenvalue weighted by atomic mass is 10.2. The second kappa shape index (κ2) is 6.22. The van der Waals surface area contributed by atoms with Crippen molar-refractivity contribution in [2.24, 2.45) is 0 Å². The van der Waals surface area contributed by atoms with E-state index in [9.17, 15) is 8.42 Å². The number of nitrogens with one attached hydrogen (secondary N) is 1. The van der Waals surface area contributed by atoms with Crippen LogP contribution in [0.5, 0.6) is 0 Å². The first kappa shape index (κ1) is 16.7. The Morgan fingerprint density at radius 1 is 1.05 bits per heavy atom. The van der Waals surface area contributed by atoms with Crippen molar-refractivity contribution in [1.82, 2.24) is 10.2 Å². The summed E-state index contributed by atoms with van der Waals surface area (Å²) >= 11 is 5.83. The van der Waals surface area contributed by atoms with Crippen LogP contribution in [0.2, 0.25) is 5.02 Å². The van der Waals surface area contributed by atoms with Gasteiger partial charge in [0.15, 0.2) is 5.03 Å². The third kappa shape index (κ3) is 3.75. The van der Waals surface area contributed by atoms with Crippen molar-refractivity contribution in [1.29, 1.82) is 0 Å². The lowest BCUT2D eigenvalue weighted by Crippen LogP contribution is -2.28. The van der Waals surface area contributed by atoms with Crippen molar-refractivity contribution in [3.63, 3.8) is 0 Å². The highest BCUT2D eigenvalue weighted by atomic mass is 35.5. The number of aromatic nitrogens is 2. The third-order valence-corrected chi connectivity index (χ3v) is 5.74. The highest BCUT2D eigenvalue weighted by molar-refractivity contribution is 7.92. The van der Waals surface area contributed by atoms with E-state index in [1.807, 2.05) is 24.3 Å². The molecule has 1 aromatic heterocycles. The summed E-state index contributed by atoms with van der Waals surface area (Å²) in [6, 6.07) is 10.5. The second-order valence-corrected chi connectivity index (χ2v) is 8.94. The molecule has 1 aromatic carbocycles. The summed E-state index contributed by atoms with van der Waals surface area (Å²) in [7, 11) is -3.48. The molecule has 0 bridgehead atoms. The third-order valence-electron chi connectivity index (χ3n) is 3.11. The summed E-state index contributed by atoms with van der Waals surface area (Å²) < 4.78 is 23.6. The minimum Gasteiger partial charge on any atom is -0.365 e. The molecule has 1 heterocycles. The fourth-order valence-corrected chi connectivity index (χ4v) is 2.82. The highest BCUT2D eigenvalue weighted by Crippen LogP contribution is 2.23. The highest BCUT2D eigenvalue weighted by Gasteiger charge is 2.32. The van der Waals surface area contributed by atoms with Gasteiger partial charge in [0.05, 0.1) is 4.75 Å². The van der Waals surface area contributed by atoms with Crippen molar-refractivity contribution in [2.45, 2.75) is 37.1 Å². The van der Waals surface area contributed by atoms with E-state index in [1.165, 1.54) is 6.07 Å². The molecule has 7 heteroatoms. The zero-order valence-electron chi connectivity index (χ0n) is 12.7. The maximum absolute atomic E-state index is 12.2. The molecule has 1 N–H and O–H groups in total. The normalized spacial score (nSPS) is 12.2. The number of nitrogens with zero attached hydrogens (tertiary/aromatic N) is 2. The average Bonchev–Trinajstić information content (AvgIpc) is 2.46. The summed E-state index contributed by atoms with van der Waals surface area (Å²) in [6.07, 6.45) is 0. The van der Waals surface area contributed by atoms with Crippen LogP contribution in [0.1, 0.15) is 26.3 Å². The van der Waals surface area contributed by atoms with Gasteiger partial charge in [-0.2, -0.15) is 0 Å². The maximum Gasteiger partial charge on any atom is 0.202 e. The lowest BCUT2D eigenvalue weighted by Gasteiger charge is -2.18. The fourth-order valence-electron chi connectivity index (χ4n) is 1.67. The molecule has 22 heavy (non-hydrogen) atoms. The monoisotopic (exact) mass is 339 g/mol. The molecule has 0 saturated carbocycles. The fraction of sp³-hybridized carbons (Fsp3) is 0.333. The predicted molar refractivity (Wildman–Crippen MR) is 87.7 cm³/mol. The first-order valence-electron chi connectivity index (χ1n) is 6.77. The molecule has 0 unspecified atom stereocenters. The Morgan fingerprint density at radius 3 is 2.18 bits per heavy atom. The van der Waals surface area contributed by atoms with Gasteiger partial charge in [-0.25, -0.2) is 8.42 Å². The van der Waals surface area contributed by atoms with E-state index < -0.39 is 14.6 Å². The van der Waals surface area contributed by atoms with Crippen LogP contribution in [0, 0.1) is 0 Å². The van der Waals surface area contributed by atoms with Gasteiger partial charge in [0.2, 0.25) is 9.84 Å². The first-order valence-corrected chi connectivity index (χ1v) is 8.63. The lowest BCUT2D eigenvalue weighted by molar-refractivity contribution is 0.554. The minimum absolute atomic E-state index is 0.0166. The van der Waals surface area contributed by atoms with Gasteiger partial charge in [0, 0.05) is 11.6 Å². The molecule has 0 atom stereocenters. The van der Waals surface area contributed by atoms with Crippen LogP contribution in [0.4, 0.5) is 5.82 Å². The summed E-state index contributed by atoms with van der Waals surface area (Å²) in [5.74, 6) is 0.516. The van der Waals surface area contributed by atoms with E-state index >= 15 is 0 Å². The van der Waals surface area contributed by atoms with Gasteiger partial charge in [0.1, 0.15) is 5.82 Å². The predicted octanol–water partition coefficient (Wildman–Crippen LogP) is 3.31. The summed E-state index contributed by atoms with van der Waals surface area (Å²) in [6.45, 7) is 5.46. The molecule has 0 spiro atoms. The smallest absolute Gasteiger partial charge is 0.202 e. The van der Waals surface area contributed by atoms with Crippen LogP contribution in [-0.4, -0.2) is 23.4 Å². The number of benzene rings is 1. The van der Waals surface area contributed by atoms with Gasteiger partial charge in [-0.3, -0.25) is 0 Å². The molecule has 0 radical (unpaired) electrons. The number of anilines is 1. The van der Waals surface area contributed by atoms with Crippen molar-refractivity contribution in [3.8, 4) is 0 Å². The number of hydrogen-bond donors (Lipinski definition) is 1. The Hall–Kier alpha value is -1.66. The number of rotatable bonds is 4. The first-order chi connectivity index (χ1) is 10.2. The van der Waals surface area contributed by atoms with E-state index in [-0.39, 0.29) is 5.03 Å². The molecule has 0 aliphatic rings. The molecule has 0 fully saturated rings. The van der Waals surface area contributed by atoms with Gasteiger partial charge < -0.3 is 5.32 Å². The molecule has 118 valence electrons. The Balaban J connectivity index is 2.08. The van der Waals surface area contributed by atoms with Gasteiger partial charge in [-0.15, -0.1) is 10.2 Å². The Labute approximate surface area is 135 Å². The van der Waals surface area contributed by atoms with Crippen LogP contribution in [-0.2, 0) is 16.4 Å². The van der Waals surface area contributed by atoms with Crippen LogP contribution >= 0.6 is 11.6 Å². The van der Waals surface area contributed by atoms with E-state index in [0.29, 0.717) is 17.4 Å². The maximum atomic E-state index is 12.2.